The van der Waals surface area contributed by atoms with Gasteiger partial charge in [0.15, 0.2) is 0 Å². The number of amides is 1. The van der Waals surface area contributed by atoms with Crippen molar-refractivity contribution in [1.29, 1.82) is 0 Å². The highest BCUT2D eigenvalue weighted by atomic mass is 16.5. The normalized spacial score (nSPS) is 18.9. The van der Waals surface area contributed by atoms with E-state index in [2.05, 4.69) is 12.2 Å². The van der Waals surface area contributed by atoms with Crippen molar-refractivity contribution in [3.8, 4) is 5.75 Å². The monoisotopic (exact) mass is 276 g/mol. The molecule has 20 heavy (non-hydrogen) atoms. The van der Waals surface area contributed by atoms with Crippen LogP contribution in [0, 0.1) is 6.92 Å². The van der Waals surface area contributed by atoms with E-state index >= 15 is 0 Å². The highest BCUT2D eigenvalue weighted by Crippen LogP contribution is 2.16. The lowest BCUT2D eigenvalue weighted by molar-refractivity contribution is -0.132. The summed E-state index contributed by atoms with van der Waals surface area (Å²) in [7, 11) is 0. The highest BCUT2D eigenvalue weighted by molar-refractivity contribution is 5.76. The van der Waals surface area contributed by atoms with Crippen LogP contribution in [0.2, 0.25) is 0 Å². The van der Waals surface area contributed by atoms with Gasteiger partial charge in [0.05, 0.1) is 13.0 Å². The number of aryl methyl sites for hydroxylation is 1. The van der Waals surface area contributed by atoms with E-state index in [0.29, 0.717) is 19.1 Å². The predicted octanol–water partition coefficient (Wildman–Crippen LogP) is 1.97. The van der Waals surface area contributed by atoms with Crippen molar-refractivity contribution >= 4 is 5.91 Å². The Morgan fingerprint density at radius 2 is 2.25 bits per heavy atom. The number of benzene rings is 1. The Labute approximate surface area is 121 Å². The molecule has 1 saturated heterocycles. The molecule has 1 N–H and O–H groups in total. The Hall–Kier alpha value is -1.55. The molecule has 1 heterocycles. The smallest absolute Gasteiger partial charge is 0.226 e. The molecule has 1 fully saturated rings. The van der Waals surface area contributed by atoms with Gasteiger partial charge < -0.3 is 15.0 Å². The molecule has 2 rings (SSSR count). The van der Waals surface area contributed by atoms with Gasteiger partial charge in [0.1, 0.15) is 5.75 Å². The van der Waals surface area contributed by atoms with Crippen LogP contribution in [0.5, 0.6) is 5.75 Å². The first kappa shape index (κ1) is 14.9. The van der Waals surface area contributed by atoms with E-state index in [1.54, 1.807) is 0 Å². The molecule has 1 aliphatic heterocycles. The van der Waals surface area contributed by atoms with Gasteiger partial charge in [0, 0.05) is 25.7 Å². The molecular weight excluding hydrogens is 252 g/mol. The Bertz CT molecular complexity index is 448. The van der Waals surface area contributed by atoms with Gasteiger partial charge in [0.25, 0.3) is 0 Å². The number of piperazine rings is 1. The molecule has 110 valence electrons. The Kier molecular flexibility index (Phi) is 5.41. The maximum absolute atomic E-state index is 12.2. The van der Waals surface area contributed by atoms with E-state index < -0.39 is 0 Å². The maximum atomic E-state index is 12.2. The van der Waals surface area contributed by atoms with Crippen molar-refractivity contribution in [3.63, 3.8) is 0 Å². The zero-order valence-corrected chi connectivity index (χ0v) is 12.4. The molecule has 0 spiro atoms. The van der Waals surface area contributed by atoms with E-state index in [1.807, 2.05) is 36.1 Å². The highest BCUT2D eigenvalue weighted by Gasteiger charge is 2.21. The second-order valence-corrected chi connectivity index (χ2v) is 5.26. The van der Waals surface area contributed by atoms with Crippen molar-refractivity contribution in [2.75, 3.05) is 26.2 Å². The van der Waals surface area contributed by atoms with Gasteiger partial charge in [-0.25, -0.2) is 0 Å². The molecule has 1 unspecified atom stereocenters. The van der Waals surface area contributed by atoms with Crippen LogP contribution in [0.25, 0.3) is 0 Å². The molecule has 0 saturated carbocycles. The van der Waals surface area contributed by atoms with Gasteiger partial charge in [-0.3, -0.25) is 4.79 Å². The van der Waals surface area contributed by atoms with Crippen LogP contribution in [0.15, 0.2) is 24.3 Å². The molecule has 0 aliphatic carbocycles. The average Bonchev–Trinajstić information content (AvgIpc) is 2.49. The summed E-state index contributed by atoms with van der Waals surface area (Å²) in [6.45, 7) is 7.12. The van der Waals surface area contributed by atoms with Crippen LogP contribution in [-0.2, 0) is 4.79 Å². The lowest BCUT2D eigenvalue weighted by Gasteiger charge is -2.33. The Balaban J connectivity index is 1.76. The zero-order chi connectivity index (χ0) is 14.4. The lowest BCUT2D eigenvalue weighted by atomic mass is 10.1. The third kappa shape index (κ3) is 3.97. The van der Waals surface area contributed by atoms with Gasteiger partial charge in [-0.2, -0.15) is 0 Å². The van der Waals surface area contributed by atoms with E-state index in [9.17, 15) is 4.79 Å². The summed E-state index contributed by atoms with van der Waals surface area (Å²) in [6, 6.07) is 8.33. The number of nitrogens with one attached hydrogen (secondary N) is 1. The number of nitrogens with zero attached hydrogens (tertiary/aromatic N) is 1. The largest absolute Gasteiger partial charge is 0.493 e. The van der Waals surface area contributed by atoms with Crippen LogP contribution in [0.3, 0.4) is 0 Å². The first-order valence-corrected chi connectivity index (χ1v) is 7.40. The van der Waals surface area contributed by atoms with Crippen LogP contribution >= 0.6 is 0 Å². The van der Waals surface area contributed by atoms with Crippen LogP contribution in [0.1, 0.15) is 25.3 Å². The van der Waals surface area contributed by atoms with Crippen LogP contribution in [0.4, 0.5) is 0 Å². The molecule has 0 aromatic heterocycles. The summed E-state index contributed by atoms with van der Waals surface area (Å²) >= 11 is 0. The summed E-state index contributed by atoms with van der Waals surface area (Å²) in [5, 5.41) is 3.42. The molecule has 1 aromatic rings. The zero-order valence-electron chi connectivity index (χ0n) is 12.4. The third-order valence-electron chi connectivity index (χ3n) is 3.77. The SMILES string of the molecule is CCC1CN(C(=O)CCOc2ccccc2C)CCN1. The minimum absolute atomic E-state index is 0.193. The maximum Gasteiger partial charge on any atom is 0.226 e. The summed E-state index contributed by atoms with van der Waals surface area (Å²) in [5.74, 6) is 1.06. The number of hydrogen-bond donors (Lipinski definition) is 1. The van der Waals surface area contributed by atoms with Crippen molar-refractivity contribution in [3.05, 3.63) is 29.8 Å². The van der Waals surface area contributed by atoms with Gasteiger partial charge in [0.2, 0.25) is 5.91 Å². The Morgan fingerprint density at radius 3 is 3.00 bits per heavy atom. The molecule has 0 bridgehead atoms. The quantitative estimate of drug-likeness (QED) is 0.894. The van der Waals surface area contributed by atoms with Crippen LogP contribution < -0.4 is 10.1 Å². The van der Waals surface area contributed by atoms with Gasteiger partial charge in [-0.15, -0.1) is 0 Å². The molecule has 4 nitrogen and oxygen atoms in total. The second-order valence-electron chi connectivity index (χ2n) is 5.26. The minimum atomic E-state index is 0.193. The van der Waals surface area contributed by atoms with Gasteiger partial charge in [-0.1, -0.05) is 25.1 Å². The van der Waals surface area contributed by atoms with Crippen molar-refractivity contribution < 1.29 is 9.53 Å². The topological polar surface area (TPSA) is 41.6 Å². The number of hydrogen-bond acceptors (Lipinski definition) is 3. The molecule has 1 aromatic carbocycles. The Morgan fingerprint density at radius 1 is 1.45 bits per heavy atom. The van der Waals surface area contributed by atoms with E-state index in [0.717, 1.165) is 37.4 Å². The number of ether oxygens (including phenoxy) is 1. The first-order chi connectivity index (χ1) is 9.70. The van der Waals surface area contributed by atoms with Gasteiger partial charge >= 0.3 is 0 Å². The third-order valence-corrected chi connectivity index (χ3v) is 3.77. The second kappa shape index (κ2) is 7.29. The van der Waals surface area contributed by atoms with Gasteiger partial charge in [-0.05, 0) is 25.0 Å². The average molecular weight is 276 g/mol. The standard InChI is InChI=1S/C16H24N2O2/c1-3-14-12-18(10-9-17-14)16(19)8-11-20-15-7-5-4-6-13(15)2/h4-7,14,17H,3,8-12H2,1-2H3. The summed E-state index contributed by atoms with van der Waals surface area (Å²) in [6.07, 6.45) is 1.51. The fourth-order valence-corrected chi connectivity index (χ4v) is 2.45. The molecule has 1 atom stereocenters. The van der Waals surface area contributed by atoms with Crippen molar-refractivity contribution in [2.24, 2.45) is 0 Å². The number of carbonyl (C=O) groups excluding carboxylic acids is 1. The van der Waals surface area contributed by atoms with E-state index in [-0.39, 0.29) is 5.91 Å². The predicted molar refractivity (Wildman–Crippen MR) is 80.0 cm³/mol. The summed E-state index contributed by atoms with van der Waals surface area (Å²) in [4.78, 5) is 14.1. The summed E-state index contributed by atoms with van der Waals surface area (Å²) < 4.78 is 5.69. The fourth-order valence-electron chi connectivity index (χ4n) is 2.45. The van der Waals surface area contributed by atoms with E-state index in [1.165, 1.54) is 0 Å². The summed E-state index contributed by atoms with van der Waals surface area (Å²) in [5.41, 5.74) is 1.10. The van der Waals surface area contributed by atoms with Crippen molar-refractivity contribution in [2.45, 2.75) is 32.7 Å². The molecule has 4 heteroatoms. The number of carbonyl (C=O) groups is 1. The number of rotatable bonds is 5. The fraction of sp³-hybridized carbons (Fsp3) is 0.562. The van der Waals surface area contributed by atoms with Crippen molar-refractivity contribution in [1.82, 2.24) is 10.2 Å². The molecule has 1 aliphatic rings. The molecule has 1 amide bonds. The molecular formula is C16H24N2O2. The minimum Gasteiger partial charge on any atom is -0.493 e. The lowest BCUT2D eigenvalue weighted by Crippen LogP contribution is -2.52. The van der Waals surface area contributed by atoms with Crippen LogP contribution in [-0.4, -0.2) is 43.1 Å². The first-order valence-electron chi connectivity index (χ1n) is 7.40. The number of para-hydroxylation sites is 1. The molecule has 0 radical (unpaired) electrons. The van der Waals surface area contributed by atoms with E-state index in [4.69, 9.17) is 4.74 Å².